The second-order valence-corrected chi connectivity index (χ2v) is 7.96. The average molecular weight is 341 g/mol. The van der Waals surface area contributed by atoms with Gasteiger partial charge >= 0.3 is 0 Å². The topological polar surface area (TPSA) is 35.6 Å². The molecule has 1 aliphatic carbocycles. The highest BCUT2D eigenvalue weighted by molar-refractivity contribution is 5.83. The van der Waals surface area contributed by atoms with Crippen LogP contribution in [0.4, 0.5) is 0 Å². The summed E-state index contributed by atoms with van der Waals surface area (Å²) in [4.78, 5) is 18.0. The molecule has 0 bridgehead atoms. The van der Waals surface area contributed by atoms with Crippen LogP contribution >= 0.6 is 0 Å². The molecule has 1 saturated carbocycles. The first-order valence-corrected chi connectivity index (χ1v) is 10.1. The predicted octanol–water partition coefficient (Wildman–Crippen LogP) is 2.96. The number of benzene rings is 1. The largest absolute Gasteiger partial charge is 0.352 e. The Hall–Kier alpha value is -1.39. The maximum atomic E-state index is 12.9. The van der Waals surface area contributed by atoms with Gasteiger partial charge in [0.25, 0.3) is 0 Å². The molecule has 1 aromatic rings. The van der Waals surface area contributed by atoms with Crippen molar-refractivity contribution in [1.29, 1.82) is 0 Å². The van der Waals surface area contributed by atoms with Gasteiger partial charge in [-0.05, 0) is 57.2 Å². The number of nitrogens with one attached hydrogen (secondary N) is 1. The maximum absolute atomic E-state index is 12.9. The van der Waals surface area contributed by atoms with Gasteiger partial charge in [0.2, 0.25) is 5.91 Å². The van der Waals surface area contributed by atoms with E-state index < -0.39 is 0 Å². The zero-order valence-corrected chi connectivity index (χ0v) is 15.2. The first kappa shape index (κ1) is 17.0. The van der Waals surface area contributed by atoms with Crippen molar-refractivity contribution in [3.8, 4) is 0 Å². The summed E-state index contributed by atoms with van der Waals surface area (Å²) >= 11 is 0. The highest BCUT2D eigenvalue weighted by atomic mass is 16.2. The second-order valence-electron chi connectivity index (χ2n) is 7.96. The van der Waals surface area contributed by atoms with E-state index in [9.17, 15) is 4.79 Å². The molecule has 1 aromatic carbocycles. The number of nitrogens with zero attached hydrogens (tertiary/aromatic N) is 2. The van der Waals surface area contributed by atoms with E-state index in [2.05, 4.69) is 27.2 Å². The van der Waals surface area contributed by atoms with E-state index in [1.807, 2.05) is 18.2 Å². The fourth-order valence-electron chi connectivity index (χ4n) is 4.46. The van der Waals surface area contributed by atoms with Gasteiger partial charge in [0.1, 0.15) is 6.04 Å². The Labute approximate surface area is 151 Å². The average Bonchev–Trinajstić information content (AvgIpc) is 3.48. The monoisotopic (exact) mass is 341 g/mol. The molecule has 4 nitrogen and oxygen atoms in total. The molecule has 0 radical (unpaired) electrons. The van der Waals surface area contributed by atoms with Crippen molar-refractivity contribution in [1.82, 2.24) is 15.1 Å². The van der Waals surface area contributed by atoms with Crippen molar-refractivity contribution in [3.63, 3.8) is 0 Å². The number of piperidine rings is 2. The van der Waals surface area contributed by atoms with E-state index in [0.29, 0.717) is 6.04 Å². The molecule has 2 heterocycles. The van der Waals surface area contributed by atoms with E-state index in [1.54, 1.807) is 0 Å². The van der Waals surface area contributed by atoms with Crippen molar-refractivity contribution in [2.24, 2.45) is 0 Å². The normalized spacial score (nSPS) is 24.8. The third-order valence-corrected chi connectivity index (χ3v) is 6.06. The van der Waals surface area contributed by atoms with Gasteiger partial charge in [-0.15, -0.1) is 0 Å². The molecule has 1 unspecified atom stereocenters. The molecule has 2 saturated heterocycles. The molecule has 1 atom stereocenters. The SMILES string of the molecule is O=C(NC1CC1)C(c1ccccc1)N1CCC(N2CCCCC2)CC1. The third kappa shape index (κ3) is 4.24. The highest BCUT2D eigenvalue weighted by Gasteiger charge is 2.35. The van der Waals surface area contributed by atoms with Gasteiger partial charge in [-0.2, -0.15) is 0 Å². The lowest BCUT2D eigenvalue weighted by Crippen LogP contribution is -2.50. The first-order valence-electron chi connectivity index (χ1n) is 10.1. The van der Waals surface area contributed by atoms with Crippen molar-refractivity contribution in [3.05, 3.63) is 35.9 Å². The van der Waals surface area contributed by atoms with Gasteiger partial charge in [0.05, 0.1) is 0 Å². The van der Waals surface area contributed by atoms with Gasteiger partial charge in [-0.1, -0.05) is 36.8 Å². The van der Waals surface area contributed by atoms with Crippen molar-refractivity contribution in [2.45, 2.75) is 63.1 Å². The highest BCUT2D eigenvalue weighted by Crippen LogP contribution is 2.29. The number of carbonyl (C=O) groups is 1. The van der Waals surface area contributed by atoms with Gasteiger partial charge in [-0.3, -0.25) is 9.69 Å². The fourth-order valence-corrected chi connectivity index (χ4v) is 4.46. The number of hydrogen-bond acceptors (Lipinski definition) is 3. The Bertz CT molecular complexity index is 558. The van der Waals surface area contributed by atoms with Crippen molar-refractivity contribution < 1.29 is 4.79 Å². The minimum absolute atomic E-state index is 0.121. The summed E-state index contributed by atoms with van der Waals surface area (Å²) in [6.07, 6.45) is 8.79. The summed E-state index contributed by atoms with van der Waals surface area (Å²) in [7, 11) is 0. The Kier molecular flexibility index (Phi) is 5.37. The van der Waals surface area contributed by atoms with Crippen molar-refractivity contribution >= 4 is 5.91 Å². The van der Waals surface area contributed by atoms with Crippen LogP contribution in [0.3, 0.4) is 0 Å². The maximum Gasteiger partial charge on any atom is 0.242 e. The molecule has 3 aliphatic rings. The predicted molar refractivity (Wildman–Crippen MR) is 100 cm³/mol. The van der Waals surface area contributed by atoms with Crippen LogP contribution in [0.1, 0.15) is 56.6 Å². The zero-order chi connectivity index (χ0) is 17.1. The van der Waals surface area contributed by atoms with Crippen LogP contribution in [0, 0.1) is 0 Å². The van der Waals surface area contributed by atoms with Crippen LogP contribution in [0.2, 0.25) is 0 Å². The molecule has 136 valence electrons. The fraction of sp³-hybridized carbons (Fsp3) is 0.667. The summed E-state index contributed by atoms with van der Waals surface area (Å²) in [6.45, 7) is 4.60. The quantitative estimate of drug-likeness (QED) is 0.894. The lowest BCUT2D eigenvalue weighted by atomic mass is 9.96. The molecule has 0 spiro atoms. The lowest BCUT2D eigenvalue weighted by molar-refractivity contribution is -0.127. The zero-order valence-electron chi connectivity index (χ0n) is 15.2. The Morgan fingerprint density at radius 2 is 1.60 bits per heavy atom. The summed E-state index contributed by atoms with van der Waals surface area (Å²) < 4.78 is 0. The molecule has 0 aromatic heterocycles. The summed E-state index contributed by atoms with van der Waals surface area (Å²) in [6, 6.07) is 11.4. The van der Waals surface area contributed by atoms with Gasteiger partial charge in [0, 0.05) is 25.2 Å². The van der Waals surface area contributed by atoms with Gasteiger partial charge in [-0.25, -0.2) is 0 Å². The molecule has 1 N–H and O–H groups in total. The molecule has 25 heavy (non-hydrogen) atoms. The van der Waals surface area contributed by atoms with Crippen LogP contribution in [0.5, 0.6) is 0 Å². The standard InChI is InChI=1S/C21H31N3O/c25-21(22-18-9-10-18)20(17-7-3-1-4-8-17)24-15-11-19(12-16-24)23-13-5-2-6-14-23/h1,3-4,7-8,18-20H,2,5-6,9-16H2,(H,22,25). The van der Waals surface area contributed by atoms with Gasteiger partial charge in [0.15, 0.2) is 0 Å². The molecule has 1 amide bonds. The first-order chi connectivity index (χ1) is 12.3. The van der Waals surface area contributed by atoms with Crippen molar-refractivity contribution in [2.75, 3.05) is 26.2 Å². The Balaban J connectivity index is 1.42. The Morgan fingerprint density at radius 3 is 2.24 bits per heavy atom. The number of likely N-dealkylation sites (tertiary alicyclic amines) is 2. The lowest BCUT2D eigenvalue weighted by Gasteiger charge is -2.42. The molecule has 4 rings (SSSR count). The van der Waals surface area contributed by atoms with Crippen LogP contribution in [0.25, 0.3) is 0 Å². The van der Waals surface area contributed by atoms with E-state index in [0.717, 1.165) is 37.5 Å². The van der Waals surface area contributed by atoms with Crippen LogP contribution < -0.4 is 5.32 Å². The van der Waals surface area contributed by atoms with Crippen LogP contribution in [-0.2, 0) is 4.79 Å². The summed E-state index contributed by atoms with van der Waals surface area (Å²) in [5.74, 6) is 0.199. The number of amides is 1. The van der Waals surface area contributed by atoms with Gasteiger partial charge < -0.3 is 10.2 Å². The second kappa shape index (κ2) is 7.88. The summed E-state index contributed by atoms with van der Waals surface area (Å²) in [5.41, 5.74) is 1.14. The molecular formula is C21H31N3O. The number of carbonyl (C=O) groups excluding carboxylic acids is 1. The molecule has 3 fully saturated rings. The van der Waals surface area contributed by atoms with E-state index >= 15 is 0 Å². The number of hydrogen-bond donors (Lipinski definition) is 1. The van der Waals surface area contributed by atoms with E-state index in [1.165, 1.54) is 45.2 Å². The molecular weight excluding hydrogens is 310 g/mol. The Morgan fingerprint density at radius 1 is 0.920 bits per heavy atom. The van der Waals surface area contributed by atoms with E-state index in [4.69, 9.17) is 0 Å². The minimum Gasteiger partial charge on any atom is -0.352 e. The molecule has 4 heteroatoms. The van der Waals surface area contributed by atoms with E-state index in [-0.39, 0.29) is 11.9 Å². The smallest absolute Gasteiger partial charge is 0.242 e. The minimum atomic E-state index is -0.121. The van der Waals surface area contributed by atoms with Crippen LogP contribution in [-0.4, -0.2) is 54.0 Å². The summed E-state index contributed by atoms with van der Waals surface area (Å²) in [5, 5.41) is 3.23. The van der Waals surface area contributed by atoms with Crippen LogP contribution in [0.15, 0.2) is 30.3 Å². The molecule has 2 aliphatic heterocycles. The number of rotatable bonds is 5. The third-order valence-electron chi connectivity index (χ3n) is 6.06.